The van der Waals surface area contributed by atoms with Crippen LogP contribution in [0.25, 0.3) is 22.2 Å². The number of likely N-dealkylation sites (N-methyl/N-ethyl adjacent to an activating group) is 1. The van der Waals surface area contributed by atoms with Crippen LogP contribution in [0, 0.1) is 5.41 Å². The van der Waals surface area contributed by atoms with Gasteiger partial charge in [0.25, 0.3) is 0 Å². The quantitative estimate of drug-likeness (QED) is 0.533. The van der Waals surface area contributed by atoms with E-state index in [1.165, 1.54) is 28.6 Å². The molecule has 2 aliphatic rings. The van der Waals surface area contributed by atoms with Crippen LogP contribution in [-0.2, 0) is 12.8 Å². The summed E-state index contributed by atoms with van der Waals surface area (Å²) in [7, 11) is 2.18. The number of benzene rings is 2. The highest BCUT2D eigenvalue weighted by Crippen LogP contribution is 2.38. The Morgan fingerprint density at radius 1 is 0.966 bits per heavy atom. The minimum absolute atomic E-state index is 0.660. The van der Waals surface area contributed by atoms with Gasteiger partial charge in [0, 0.05) is 60.3 Å². The maximum atomic E-state index is 7.84. The van der Waals surface area contributed by atoms with E-state index in [0.717, 1.165) is 67.6 Å². The number of nitrogens with zero attached hydrogens (tertiary/aromatic N) is 3. The average molecular weight is 386 g/mol. The van der Waals surface area contributed by atoms with Crippen LogP contribution in [0.4, 0.5) is 11.4 Å². The lowest BCUT2D eigenvalue weighted by molar-refractivity contribution is 0.313. The summed E-state index contributed by atoms with van der Waals surface area (Å²) in [5.74, 6) is 0. The zero-order chi connectivity index (χ0) is 20.0. The lowest BCUT2D eigenvalue weighted by Crippen LogP contribution is -2.44. The molecule has 0 saturated carbocycles. The molecule has 2 heterocycles. The lowest BCUT2D eigenvalue weighted by atomic mass is 9.95. The standard InChI is InChI=1S/C24H27N5/c1-28-11-13-29(14-12-28)17-7-5-16(6-8-17)24-19-4-2-3-18(19)23-20(15-25)21(26)9-10-22(23)27-24/h5-10,15,25H,2-4,11-14,26H2,1H3. The third-order valence-electron chi connectivity index (χ3n) is 6.45. The summed E-state index contributed by atoms with van der Waals surface area (Å²) in [6, 6.07) is 12.8. The van der Waals surface area contributed by atoms with Crippen molar-refractivity contribution in [1.82, 2.24) is 9.88 Å². The van der Waals surface area contributed by atoms with Crippen molar-refractivity contribution in [2.45, 2.75) is 19.3 Å². The van der Waals surface area contributed by atoms with E-state index in [-0.39, 0.29) is 0 Å². The Labute approximate surface area is 171 Å². The predicted molar refractivity (Wildman–Crippen MR) is 121 cm³/mol. The van der Waals surface area contributed by atoms with Gasteiger partial charge in [0.2, 0.25) is 0 Å². The summed E-state index contributed by atoms with van der Waals surface area (Å²) in [4.78, 5) is 9.88. The van der Waals surface area contributed by atoms with Crippen LogP contribution in [0.2, 0.25) is 0 Å². The monoisotopic (exact) mass is 385 g/mol. The number of piperazine rings is 1. The fourth-order valence-corrected chi connectivity index (χ4v) is 4.79. The summed E-state index contributed by atoms with van der Waals surface area (Å²) in [6.45, 7) is 4.38. The van der Waals surface area contributed by atoms with Crippen LogP contribution in [0.15, 0.2) is 36.4 Å². The van der Waals surface area contributed by atoms with E-state index in [4.69, 9.17) is 16.1 Å². The van der Waals surface area contributed by atoms with Crippen LogP contribution in [0.1, 0.15) is 23.1 Å². The number of pyridine rings is 1. The number of nitrogens with one attached hydrogen (secondary N) is 1. The Hall–Kier alpha value is -2.92. The maximum absolute atomic E-state index is 7.84. The molecule has 5 heteroatoms. The molecule has 3 aromatic rings. The van der Waals surface area contributed by atoms with Gasteiger partial charge < -0.3 is 20.9 Å². The van der Waals surface area contributed by atoms with Gasteiger partial charge in [-0.2, -0.15) is 0 Å². The average Bonchev–Trinajstić information content (AvgIpc) is 3.24. The molecule has 1 aliphatic carbocycles. The zero-order valence-corrected chi connectivity index (χ0v) is 16.9. The number of hydrogen-bond acceptors (Lipinski definition) is 5. The number of aryl methyl sites for hydroxylation is 1. The molecule has 5 nitrogen and oxygen atoms in total. The third kappa shape index (κ3) is 3.06. The molecule has 0 spiro atoms. The van der Waals surface area contributed by atoms with Crippen molar-refractivity contribution in [2.75, 3.05) is 43.9 Å². The number of nitrogen functional groups attached to an aromatic ring is 1. The van der Waals surface area contributed by atoms with Gasteiger partial charge in [-0.1, -0.05) is 12.1 Å². The van der Waals surface area contributed by atoms with Gasteiger partial charge in [-0.25, -0.2) is 4.98 Å². The fraction of sp³-hybridized carbons (Fsp3) is 0.333. The van der Waals surface area contributed by atoms with Crippen LogP contribution in [-0.4, -0.2) is 49.3 Å². The highest BCUT2D eigenvalue weighted by Gasteiger charge is 2.23. The third-order valence-corrected chi connectivity index (χ3v) is 6.45. The molecule has 29 heavy (non-hydrogen) atoms. The number of fused-ring (bicyclic) bond motifs is 3. The molecular formula is C24H27N5. The molecule has 0 bridgehead atoms. The molecule has 3 N–H and O–H groups in total. The first-order chi connectivity index (χ1) is 14.2. The minimum atomic E-state index is 0.660. The summed E-state index contributed by atoms with van der Waals surface area (Å²) in [5, 5.41) is 8.91. The van der Waals surface area contributed by atoms with Gasteiger partial charge in [0.1, 0.15) is 0 Å². The van der Waals surface area contributed by atoms with Crippen molar-refractivity contribution in [3.8, 4) is 11.3 Å². The summed E-state index contributed by atoms with van der Waals surface area (Å²) in [5.41, 5.74) is 14.8. The van der Waals surface area contributed by atoms with Crippen molar-refractivity contribution in [3.63, 3.8) is 0 Å². The van der Waals surface area contributed by atoms with Crippen molar-refractivity contribution < 1.29 is 0 Å². The van der Waals surface area contributed by atoms with E-state index in [1.54, 1.807) is 0 Å². The van der Waals surface area contributed by atoms with Gasteiger partial charge in [0.05, 0.1) is 11.2 Å². The summed E-state index contributed by atoms with van der Waals surface area (Å²) < 4.78 is 0. The first kappa shape index (κ1) is 18.1. The summed E-state index contributed by atoms with van der Waals surface area (Å²) >= 11 is 0. The van der Waals surface area contributed by atoms with Crippen molar-refractivity contribution in [1.29, 1.82) is 5.41 Å². The Balaban J connectivity index is 1.57. The molecule has 0 atom stereocenters. The SMILES string of the molecule is CN1CCN(c2ccc(-c3nc4ccc(N)c(C=N)c4c4c3CCC4)cc2)CC1. The maximum Gasteiger partial charge on any atom is 0.0744 e. The Kier molecular flexibility index (Phi) is 4.47. The molecule has 148 valence electrons. The van der Waals surface area contributed by atoms with E-state index < -0.39 is 0 Å². The molecular weight excluding hydrogens is 358 g/mol. The number of nitrogens with two attached hydrogens (primary N) is 1. The predicted octanol–water partition coefficient (Wildman–Crippen LogP) is 3.72. The molecule has 0 amide bonds. The molecule has 5 rings (SSSR count). The first-order valence-corrected chi connectivity index (χ1v) is 10.4. The van der Waals surface area contributed by atoms with Crippen LogP contribution in [0.5, 0.6) is 0 Å². The van der Waals surface area contributed by atoms with Gasteiger partial charge in [-0.05, 0) is 61.7 Å². The van der Waals surface area contributed by atoms with Gasteiger partial charge in [0.15, 0.2) is 0 Å². The Bertz CT molecular complexity index is 1080. The highest BCUT2D eigenvalue weighted by atomic mass is 15.2. The van der Waals surface area contributed by atoms with Crippen molar-refractivity contribution >= 4 is 28.5 Å². The second kappa shape index (κ2) is 7.16. The number of rotatable bonds is 3. The Morgan fingerprint density at radius 2 is 1.69 bits per heavy atom. The van der Waals surface area contributed by atoms with E-state index in [0.29, 0.717) is 5.69 Å². The Morgan fingerprint density at radius 3 is 2.41 bits per heavy atom. The molecule has 0 radical (unpaired) electrons. The van der Waals surface area contributed by atoms with Gasteiger partial charge >= 0.3 is 0 Å². The largest absolute Gasteiger partial charge is 0.398 e. The molecule has 1 aliphatic heterocycles. The van der Waals surface area contributed by atoms with Crippen LogP contribution in [0.3, 0.4) is 0 Å². The van der Waals surface area contributed by atoms with Gasteiger partial charge in [-0.3, -0.25) is 0 Å². The molecule has 0 unspecified atom stereocenters. The fourth-order valence-electron chi connectivity index (χ4n) is 4.79. The minimum Gasteiger partial charge on any atom is -0.398 e. The highest BCUT2D eigenvalue weighted by molar-refractivity contribution is 6.05. The number of anilines is 2. The van der Waals surface area contributed by atoms with Crippen molar-refractivity contribution in [2.24, 2.45) is 0 Å². The smallest absolute Gasteiger partial charge is 0.0744 e. The van der Waals surface area contributed by atoms with E-state index >= 15 is 0 Å². The number of aromatic nitrogens is 1. The van der Waals surface area contributed by atoms with E-state index in [2.05, 4.69) is 41.1 Å². The lowest BCUT2D eigenvalue weighted by Gasteiger charge is -2.34. The zero-order valence-electron chi connectivity index (χ0n) is 16.9. The second-order valence-corrected chi connectivity index (χ2v) is 8.22. The normalized spacial score (nSPS) is 16.9. The second-order valence-electron chi connectivity index (χ2n) is 8.22. The van der Waals surface area contributed by atoms with Crippen LogP contribution < -0.4 is 10.6 Å². The summed E-state index contributed by atoms with van der Waals surface area (Å²) in [6.07, 6.45) is 4.59. The molecule has 1 fully saturated rings. The van der Waals surface area contributed by atoms with Gasteiger partial charge in [-0.15, -0.1) is 0 Å². The van der Waals surface area contributed by atoms with Crippen molar-refractivity contribution in [3.05, 3.63) is 53.1 Å². The van der Waals surface area contributed by atoms with E-state index in [1.807, 2.05) is 12.1 Å². The first-order valence-electron chi connectivity index (χ1n) is 10.4. The van der Waals surface area contributed by atoms with Crippen LogP contribution >= 0.6 is 0 Å². The molecule has 1 saturated heterocycles. The van der Waals surface area contributed by atoms with E-state index in [9.17, 15) is 0 Å². The molecule has 1 aromatic heterocycles. The molecule has 2 aromatic carbocycles. The topological polar surface area (TPSA) is 69.2 Å². The number of hydrogen-bond donors (Lipinski definition) is 2.